The van der Waals surface area contributed by atoms with Crippen LogP contribution in [0.5, 0.6) is 0 Å². The van der Waals surface area contributed by atoms with E-state index in [2.05, 4.69) is 19.1 Å². The van der Waals surface area contributed by atoms with Crippen molar-refractivity contribution in [3.63, 3.8) is 0 Å². The maximum absolute atomic E-state index is 5.77. The normalized spacial score (nSPS) is 19.1. The Hall–Kier alpha value is -1.02. The van der Waals surface area contributed by atoms with E-state index in [-0.39, 0.29) is 5.41 Å². The van der Waals surface area contributed by atoms with E-state index in [1.807, 2.05) is 12.1 Å². The van der Waals surface area contributed by atoms with Crippen molar-refractivity contribution in [1.82, 2.24) is 0 Å². The van der Waals surface area contributed by atoms with Crippen molar-refractivity contribution >= 4 is 5.69 Å². The topological polar surface area (TPSA) is 35.2 Å². The fourth-order valence-corrected chi connectivity index (χ4v) is 2.88. The van der Waals surface area contributed by atoms with Gasteiger partial charge in [0.25, 0.3) is 0 Å². The number of hydrogen-bond acceptors (Lipinski definition) is 2. The van der Waals surface area contributed by atoms with Gasteiger partial charge in [-0.1, -0.05) is 31.4 Å². The van der Waals surface area contributed by atoms with Gasteiger partial charge in [0.1, 0.15) is 0 Å². The monoisotopic (exact) mass is 233 g/mol. The first kappa shape index (κ1) is 12.4. The van der Waals surface area contributed by atoms with Crippen LogP contribution in [-0.2, 0) is 10.2 Å². The smallest absolute Gasteiger partial charge is 0.0562 e. The number of nitrogens with two attached hydrogens (primary N) is 1. The summed E-state index contributed by atoms with van der Waals surface area (Å²) in [4.78, 5) is 0. The first-order valence-electron chi connectivity index (χ1n) is 6.71. The number of nitrogen functional groups attached to an aromatic ring is 1. The molecule has 94 valence electrons. The van der Waals surface area contributed by atoms with Gasteiger partial charge in [0, 0.05) is 17.7 Å². The van der Waals surface area contributed by atoms with Gasteiger partial charge in [0.05, 0.1) is 6.61 Å². The van der Waals surface area contributed by atoms with Crippen LogP contribution in [0.4, 0.5) is 5.69 Å². The lowest BCUT2D eigenvalue weighted by Crippen LogP contribution is -2.34. The lowest BCUT2D eigenvalue weighted by atomic mass is 9.70. The maximum atomic E-state index is 5.77. The van der Waals surface area contributed by atoms with Gasteiger partial charge in [-0.15, -0.1) is 0 Å². The van der Waals surface area contributed by atoms with E-state index in [0.29, 0.717) is 0 Å². The van der Waals surface area contributed by atoms with Crippen LogP contribution in [0.1, 0.15) is 44.6 Å². The molecule has 0 atom stereocenters. The van der Waals surface area contributed by atoms with Crippen LogP contribution in [0.3, 0.4) is 0 Å². The second kappa shape index (κ2) is 5.54. The molecule has 0 aliphatic heterocycles. The Morgan fingerprint density at radius 3 is 2.35 bits per heavy atom. The van der Waals surface area contributed by atoms with Crippen LogP contribution in [0.2, 0.25) is 0 Å². The first-order valence-corrected chi connectivity index (χ1v) is 6.71. The summed E-state index contributed by atoms with van der Waals surface area (Å²) >= 11 is 0. The highest BCUT2D eigenvalue weighted by molar-refractivity contribution is 5.41. The van der Waals surface area contributed by atoms with Crippen molar-refractivity contribution in [2.24, 2.45) is 0 Å². The zero-order valence-corrected chi connectivity index (χ0v) is 10.7. The van der Waals surface area contributed by atoms with Gasteiger partial charge in [-0.2, -0.15) is 0 Å². The maximum Gasteiger partial charge on any atom is 0.0562 e. The third kappa shape index (κ3) is 2.81. The Bertz CT molecular complexity index is 338. The summed E-state index contributed by atoms with van der Waals surface area (Å²) in [6, 6.07) is 8.38. The summed E-state index contributed by atoms with van der Waals surface area (Å²) in [5.74, 6) is 0. The van der Waals surface area contributed by atoms with Gasteiger partial charge in [0.2, 0.25) is 0 Å². The molecule has 1 aliphatic carbocycles. The van der Waals surface area contributed by atoms with Gasteiger partial charge in [-0.05, 0) is 37.5 Å². The van der Waals surface area contributed by atoms with Crippen molar-refractivity contribution < 1.29 is 4.74 Å². The zero-order valence-electron chi connectivity index (χ0n) is 10.7. The minimum Gasteiger partial charge on any atom is -0.399 e. The third-order valence-corrected chi connectivity index (χ3v) is 3.92. The number of rotatable bonds is 4. The van der Waals surface area contributed by atoms with E-state index in [1.54, 1.807) is 0 Å². The fourth-order valence-electron chi connectivity index (χ4n) is 2.88. The molecule has 17 heavy (non-hydrogen) atoms. The number of anilines is 1. The molecule has 1 aromatic rings. The van der Waals surface area contributed by atoms with E-state index in [4.69, 9.17) is 10.5 Å². The fraction of sp³-hybridized carbons (Fsp3) is 0.600. The predicted molar refractivity (Wildman–Crippen MR) is 72.1 cm³/mol. The highest BCUT2D eigenvalue weighted by Gasteiger charge is 2.33. The van der Waals surface area contributed by atoms with Crippen molar-refractivity contribution in [1.29, 1.82) is 0 Å². The van der Waals surface area contributed by atoms with E-state index in [1.165, 1.54) is 37.7 Å². The molecule has 2 rings (SSSR count). The van der Waals surface area contributed by atoms with Gasteiger partial charge in [-0.25, -0.2) is 0 Å². The minimum atomic E-state index is 0.238. The summed E-state index contributed by atoms with van der Waals surface area (Å²) in [7, 11) is 0. The second-order valence-corrected chi connectivity index (χ2v) is 5.10. The Balaban J connectivity index is 2.21. The molecule has 0 radical (unpaired) electrons. The predicted octanol–water partition coefficient (Wildman–Crippen LogP) is 3.51. The second-order valence-electron chi connectivity index (χ2n) is 5.10. The zero-order chi connectivity index (χ0) is 12.1. The van der Waals surface area contributed by atoms with Gasteiger partial charge in [0.15, 0.2) is 0 Å². The number of ether oxygens (including phenoxy) is 1. The molecule has 1 saturated carbocycles. The lowest BCUT2D eigenvalue weighted by molar-refractivity contribution is 0.0721. The summed E-state index contributed by atoms with van der Waals surface area (Å²) in [6.07, 6.45) is 6.49. The molecule has 1 aromatic carbocycles. The molecule has 0 amide bonds. The van der Waals surface area contributed by atoms with Crippen molar-refractivity contribution in [3.05, 3.63) is 29.8 Å². The SMILES string of the molecule is CCOCC1(c2ccc(N)cc2)CCCCC1. The molecule has 2 heteroatoms. The molecule has 0 spiro atoms. The average Bonchev–Trinajstić information content (AvgIpc) is 2.38. The number of hydrogen-bond donors (Lipinski definition) is 1. The molecular weight excluding hydrogens is 210 g/mol. The largest absolute Gasteiger partial charge is 0.399 e. The molecule has 2 nitrogen and oxygen atoms in total. The molecule has 0 bridgehead atoms. The van der Waals surface area contributed by atoms with Crippen LogP contribution in [0, 0.1) is 0 Å². The van der Waals surface area contributed by atoms with Crippen LogP contribution < -0.4 is 5.73 Å². The standard InChI is InChI=1S/C15H23NO/c1-2-17-12-15(10-4-3-5-11-15)13-6-8-14(16)9-7-13/h6-9H,2-5,10-12,16H2,1H3. The third-order valence-electron chi connectivity index (χ3n) is 3.92. The summed E-state index contributed by atoms with van der Waals surface area (Å²) < 4.78 is 5.73. The Kier molecular flexibility index (Phi) is 4.06. The van der Waals surface area contributed by atoms with Crippen LogP contribution in [0.15, 0.2) is 24.3 Å². The summed E-state index contributed by atoms with van der Waals surface area (Å²) in [5.41, 5.74) is 8.25. The summed E-state index contributed by atoms with van der Waals surface area (Å²) in [6.45, 7) is 3.73. The van der Waals surface area contributed by atoms with E-state index in [0.717, 1.165) is 18.9 Å². The van der Waals surface area contributed by atoms with E-state index >= 15 is 0 Å². The molecule has 1 fully saturated rings. The molecule has 0 aromatic heterocycles. The Labute approximate surface area is 104 Å². The van der Waals surface area contributed by atoms with Crippen LogP contribution in [-0.4, -0.2) is 13.2 Å². The number of benzene rings is 1. The van der Waals surface area contributed by atoms with Gasteiger partial charge < -0.3 is 10.5 Å². The minimum absolute atomic E-state index is 0.238. The van der Waals surface area contributed by atoms with Crippen molar-refractivity contribution in [2.45, 2.75) is 44.4 Å². The van der Waals surface area contributed by atoms with Gasteiger partial charge in [-0.3, -0.25) is 0 Å². The van der Waals surface area contributed by atoms with Crippen LogP contribution >= 0.6 is 0 Å². The molecule has 0 unspecified atom stereocenters. The molecule has 0 heterocycles. The van der Waals surface area contributed by atoms with E-state index < -0.39 is 0 Å². The Morgan fingerprint density at radius 1 is 1.12 bits per heavy atom. The molecule has 0 saturated heterocycles. The highest BCUT2D eigenvalue weighted by atomic mass is 16.5. The quantitative estimate of drug-likeness (QED) is 0.808. The summed E-state index contributed by atoms with van der Waals surface area (Å²) in [5, 5.41) is 0. The van der Waals surface area contributed by atoms with E-state index in [9.17, 15) is 0 Å². The Morgan fingerprint density at radius 2 is 1.76 bits per heavy atom. The molecule has 2 N–H and O–H groups in total. The highest BCUT2D eigenvalue weighted by Crippen LogP contribution is 2.39. The van der Waals surface area contributed by atoms with Crippen molar-refractivity contribution in [3.8, 4) is 0 Å². The van der Waals surface area contributed by atoms with Gasteiger partial charge >= 0.3 is 0 Å². The molecular formula is C15H23NO. The first-order chi connectivity index (χ1) is 8.27. The molecule has 1 aliphatic rings. The van der Waals surface area contributed by atoms with Crippen molar-refractivity contribution in [2.75, 3.05) is 18.9 Å². The lowest BCUT2D eigenvalue weighted by Gasteiger charge is -2.37. The van der Waals surface area contributed by atoms with Crippen LogP contribution in [0.25, 0.3) is 0 Å². The average molecular weight is 233 g/mol.